The second-order valence-electron chi connectivity index (χ2n) is 4.07. The molecule has 1 aliphatic rings. The predicted octanol–water partition coefficient (Wildman–Crippen LogP) is 3.03. The first-order chi connectivity index (χ1) is 6.19. The van der Waals surface area contributed by atoms with Crippen LogP contribution < -0.4 is 0 Å². The van der Waals surface area contributed by atoms with Crippen LogP contribution in [0.3, 0.4) is 0 Å². The summed E-state index contributed by atoms with van der Waals surface area (Å²) in [6.45, 7) is 7.92. The third-order valence-electron chi connectivity index (χ3n) is 3.21. The van der Waals surface area contributed by atoms with Gasteiger partial charge < -0.3 is 0 Å². The maximum Gasteiger partial charge on any atom is 0.0303 e. The van der Waals surface area contributed by atoms with E-state index in [1.165, 1.54) is 30.5 Å². The van der Waals surface area contributed by atoms with E-state index >= 15 is 0 Å². The Hall–Kier alpha value is 0.0500. The fraction of sp³-hybridized carbons (Fsp3) is 0.909. The fourth-order valence-corrected chi connectivity index (χ4v) is 2.36. The zero-order valence-electron chi connectivity index (χ0n) is 9.05. The van der Waals surface area contributed by atoms with Crippen molar-refractivity contribution in [2.45, 2.75) is 58.5 Å². The van der Waals surface area contributed by atoms with Crippen molar-refractivity contribution in [2.75, 3.05) is 6.54 Å². The molecule has 2 unspecified atom stereocenters. The highest BCUT2D eigenvalue weighted by atomic mass is 32.1. The van der Waals surface area contributed by atoms with Crippen molar-refractivity contribution in [3.63, 3.8) is 0 Å². The molecule has 1 heterocycles. The maximum absolute atomic E-state index is 5.31. The molecule has 13 heavy (non-hydrogen) atoms. The Kier molecular flexibility index (Phi) is 4.33. The van der Waals surface area contributed by atoms with Crippen LogP contribution in [0.25, 0.3) is 0 Å². The Bertz CT molecular complexity index is 179. The first-order valence-electron chi connectivity index (χ1n) is 5.46. The lowest BCUT2D eigenvalue weighted by Gasteiger charge is -2.39. The lowest BCUT2D eigenvalue weighted by molar-refractivity contribution is 0.141. The maximum atomic E-state index is 5.31. The largest absolute Gasteiger partial charge is 0.293 e. The smallest absolute Gasteiger partial charge is 0.0303 e. The molecule has 0 N–H and O–H groups in total. The molecule has 76 valence electrons. The highest BCUT2D eigenvalue weighted by Gasteiger charge is 2.26. The van der Waals surface area contributed by atoms with Crippen molar-refractivity contribution in [2.24, 2.45) is 0 Å². The van der Waals surface area contributed by atoms with Gasteiger partial charge in [-0.25, -0.2) is 0 Å². The first kappa shape index (κ1) is 11.1. The summed E-state index contributed by atoms with van der Waals surface area (Å²) in [7, 11) is 0. The van der Waals surface area contributed by atoms with Crippen LogP contribution in [0.5, 0.6) is 0 Å². The molecule has 0 bridgehead atoms. The van der Waals surface area contributed by atoms with E-state index in [1.54, 1.807) is 0 Å². The van der Waals surface area contributed by atoms with Gasteiger partial charge in [0.2, 0.25) is 0 Å². The average molecular weight is 199 g/mol. The van der Waals surface area contributed by atoms with Crippen LogP contribution in [-0.2, 0) is 0 Å². The second-order valence-corrected chi connectivity index (χ2v) is 4.65. The monoisotopic (exact) mass is 199 g/mol. The molecule has 0 aromatic heterocycles. The van der Waals surface area contributed by atoms with E-state index in [4.69, 9.17) is 12.2 Å². The van der Waals surface area contributed by atoms with E-state index in [-0.39, 0.29) is 0 Å². The van der Waals surface area contributed by atoms with Gasteiger partial charge in [-0.3, -0.25) is 4.90 Å². The molecule has 0 saturated carbocycles. The van der Waals surface area contributed by atoms with Crippen LogP contribution in [0.4, 0.5) is 0 Å². The number of rotatable bonds is 3. The molecular weight excluding hydrogens is 178 g/mol. The van der Waals surface area contributed by atoms with Gasteiger partial charge in [-0.05, 0) is 32.6 Å². The number of hydrogen-bond acceptors (Lipinski definition) is 2. The predicted molar refractivity (Wildman–Crippen MR) is 62.4 cm³/mol. The molecule has 1 rings (SSSR count). The van der Waals surface area contributed by atoms with Crippen LogP contribution in [0, 0.1) is 0 Å². The zero-order chi connectivity index (χ0) is 9.84. The van der Waals surface area contributed by atoms with Crippen molar-refractivity contribution in [1.29, 1.82) is 0 Å². The standard InChI is InChI=1S/C11H21NS/c1-4-9(3)12-8-11(13)7-6-10(12)5-2/h9-10H,4-8H2,1-3H3. The van der Waals surface area contributed by atoms with E-state index in [0.717, 1.165) is 12.6 Å². The van der Waals surface area contributed by atoms with Crippen molar-refractivity contribution in [1.82, 2.24) is 4.90 Å². The summed E-state index contributed by atoms with van der Waals surface area (Å²) in [5.41, 5.74) is 0. The number of thiocarbonyl (C=S) groups is 1. The third kappa shape index (κ3) is 2.75. The Morgan fingerprint density at radius 1 is 1.54 bits per heavy atom. The normalized spacial score (nSPS) is 27.6. The lowest BCUT2D eigenvalue weighted by Crippen LogP contribution is -2.47. The fourth-order valence-electron chi connectivity index (χ4n) is 2.09. The van der Waals surface area contributed by atoms with Gasteiger partial charge in [0.1, 0.15) is 0 Å². The number of piperidine rings is 1. The molecule has 1 fully saturated rings. The third-order valence-corrected chi connectivity index (χ3v) is 3.55. The van der Waals surface area contributed by atoms with Crippen LogP contribution in [0.2, 0.25) is 0 Å². The van der Waals surface area contributed by atoms with Crippen molar-refractivity contribution >= 4 is 17.1 Å². The lowest BCUT2D eigenvalue weighted by atomic mass is 9.97. The molecule has 2 heteroatoms. The summed E-state index contributed by atoms with van der Waals surface area (Å²) in [5, 5.41) is 0. The molecule has 0 amide bonds. The van der Waals surface area contributed by atoms with E-state index in [1.807, 2.05) is 0 Å². The molecule has 0 aromatic rings. The van der Waals surface area contributed by atoms with Gasteiger partial charge in [0.25, 0.3) is 0 Å². The summed E-state index contributed by atoms with van der Waals surface area (Å²) >= 11 is 5.31. The van der Waals surface area contributed by atoms with Gasteiger partial charge in [0, 0.05) is 23.5 Å². The quantitative estimate of drug-likeness (QED) is 0.643. The van der Waals surface area contributed by atoms with E-state index in [2.05, 4.69) is 25.7 Å². The molecule has 0 aromatic carbocycles. The van der Waals surface area contributed by atoms with E-state index in [0.29, 0.717) is 6.04 Å². The first-order valence-corrected chi connectivity index (χ1v) is 5.87. The minimum Gasteiger partial charge on any atom is -0.293 e. The summed E-state index contributed by atoms with van der Waals surface area (Å²) in [6.07, 6.45) is 4.95. The van der Waals surface area contributed by atoms with E-state index < -0.39 is 0 Å². The highest BCUT2D eigenvalue weighted by Crippen LogP contribution is 2.21. The Balaban J connectivity index is 2.59. The molecule has 1 nitrogen and oxygen atoms in total. The topological polar surface area (TPSA) is 3.24 Å². The SMILES string of the molecule is CCC(C)N1CC(=S)CCC1CC. The second kappa shape index (κ2) is 5.06. The highest BCUT2D eigenvalue weighted by molar-refractivity contribution is 7.80. The van der Waals surface area contributed by atoms with Crippen LogP contribution in [-0.4, -0.2) is 28.4 Å². The number of nitrogens with zero attached hydrogens (tertiary/aromatic N) is 1. The Labute approximate surface area is 87.5 Å². The molecule has 1 aliphatic heterocycles. The van der Waals surface area contributed by atoms with Crippen molar-refractivity contribution in [3.05, 3.63) is 0 Å². The van der Waals surface area contributed by atoms with Gasteiger partial charge in [-0.15, -0.1) is 0 Å². The Morgan fingerprint density at radius 2 is 2.23 bits per heavy atom. The molecule has 0 aliphatic carbocycles. The minimum absolute atomic E-state index is 0.697. The van der Waals surface area contributed by atoms with Crippen LogP contribution >= 0.6 is 12.2 Å². The summed E-state index contributed by atoms with van der Waals surface area (Å²) in [6, 6.07) is 1.48. The molecule has 2 atom stereocenters. The minimum atomic E-state index is 0.697. The van der Waals surface area contributed by atoms with Gasteiger partial charge in [-0.2, -0.15) is 0 Å². The van der Waals surface area contributed by atoms with Gasteiger partial charge in [-0.1, -0.05) is 26.1 Å². The number of likely N-dealkylation sites (tertiary alicyclic amines) is 1. The summed E-state index contributed by atoms with van der Waals surface area (Å²) < 4.78 is 0. The number of hydrogen-bond donors (Lipinski definition) is 0. The van der Waals surface area contributed by atoms with Crippen molar-refractivity contribution in [3.8, 4) is 0 Å². The zero-order valence-corrected chi connectivity index (χ0v) is 9.86. The van der Waals surface area contributed by atoms with Gasteiger partial charge in [0.15, 0.2) is 0 Å². The van der Waals surface area contributed by atoms with E-state index in [9.17, 15) is 0 Å². The van der Waals surface area contributed by atoms with Gasteiger partial charge >= 0.3 is 0 Å². The molecule has 0 spiro atoms. The van der Waals surface area contributed by atoms with Crippen LogP contribution in [0.1, 0.15) is 46.5 Å². The summed E-state index contributed by atoms with van der Waals surface area (Å²) in [4.78, 5) is 3.84. The molecular formula is C11H21NS. The average Bonchev–Trinajstić information content (AvgIpc) is 2.16. The molecule has 1 saturated heterocycles. The molecule has 0 radical (unpaired) electrons. The van der Waals surface area contributed by atoms with Crippen LogP contribution in [0.15, 0.2) is 0 Å². The Morgan fingerprint density at radius 3 is 2.77 bits per heavy atom. The van der Waals surface area contributed by atoms with Crippen molar-refractivity contribution < 1.29 is 0 Å². The van der Waals surface area contributed by atoms with Gasteiger partial charge in [0.05, 0.1) is 0 Å². The summed E-state index contributed by atoms with van der Waals surface area (Å²) in [5.74, 6) is 0.